The fourth-order valence-corrected chi connectivity index (χ4v) is 3.56. The van der Waals surface area contributed by atoms with Gasteiger partial charge < -0.3 is 14.0 Å². The number of hydrogen-bond donors (Lipinski definition) is 0. The van der Waals surface area contributed by atoms with E-state index in [-0.39, 0.29) is 0 Å². The van der Waals surface area contributed by atoms with Crippen molar-refractivity contribution in [3.63, 3.8) is 0 Å². The van der Waals surface area contributed by atoms with E-state index < -0.39 is 0 Å². The van der Waals surface area contributed by atoms with E-state index >= 15 is 0 Å². The van der Waals surface area contributed by atoms with Crippen LogP contribution in [0.2, 0.25) is 0 Å². The van der Waals surface area contributed by atoms with E-state index in [1.54, 1.807) is 14.2 Å². The minimum absolute atomic E-state index is 0.661. The van der Waals surface area contributed by atoms with Crippen molar-refractivity contribution in [3.8, 4) is 11.5 Å². The van der Waals surface area contributed by atoms with Crippen LogP contribution in [0.1, 0.15) is 30.7 Å². The molecule has 0 aliphatic carbocycles. The summed E-state index contributed by atoms with van der Waals surface area (Å²) in [7, 11) is 5.40. The molecule has 0 atom stereocenters. The van der Waals surface area contributed by atoms with Crippen LogP contribution in [0.3, 0.4) is 0 Å². The molecule has 0 amide bonds. The summed E-state index contributed by atoms with van der Waals surface area (Å²) in [6, 6.07) is 5.90. The summed E-state index contributed by atoms with van der Waals surface area (Å²) in [4.78, 5) is 2.19. The normalized spacial score (nSPS) is 14.2. The highest BCUT2D eigenvalue weighted by atomic mass is 32.1. The zero-order valence-electron chi connectivity index (χ0n) is 15.2. The second-order valence-electron chi connectivity index (χ2n) is 6.49. The van der Waals surface area contributed by atoms with E-state index in [2.05, 4.69) is 16.5 Å². The number of fused-ring (bicyclic) bond motifs is 1. The van der Waals surface area contributed by atoms with Gasteiger partial charge >= 0.3 is 0 Å². The fraction of sp³-hybridized carbons (Fsp3) is 0.556. The van der Waals surface area contributed by atoms with Crippen LogP contribution in [-0.2, 0) is 26.2 Å². The van der Waals surface area contributed by atoms with Gasteiger partial charge in [0.2, 0.25) is 0 Å². The van der Waals surface area contributed by atoms with E-state index in [1.807, 2.05) is 22.9 Å². The topological polar surface area (TPSA) is 44.5 Å². The Morgan fingerprint density at radius 2 is 2.04 bits per heavy atom. The molecule has 0 saturated carbocycles. The lowest BCUT2D eigenvalue weighted by Gasteiger charge is -2.18. The first kappa shape index (κ1) is 17.9. The van der Waals surface area contributed by atoms with Gasteiger partial charge in [-0.15, -0.1) is 0 Å². The first-order valence-electron chi connectivity index (χ1n) is 8.68. The van der Waals surface area contributed by atoms with Crippen LogP contribution in [0.4, 0.5) is 0 Å². The molecular weight excluding hydrogens is 336 g/mol. The molecule has 0 bridgehead atoms. The Bertz CT molecular complexity index is 784. The smallest absolute Gasteiger partial charge is 0.199 e. The van der Waals surface area contributed by atoms with Crippen molar-refractivity contribution in [2.45, 2.75) is 45.4 Å². The Labute approximate surface area is 154 Å². The standard InChI is InChI=1S/C18H26N4O2S/c1-20(12-14-8-9-15(23-2)11-16(14)24-3)13-22-18(25)21-10-6-4-5-7-17(21)19-22/h8-9,11H,4-7,10,12-13H2,1-3H3. The van der Waals surface area contributed by atoms with E-state index in [0.29, 0.717) is 6.67 Å². The summed E-state index contributed by atoms with van der Waals surface area (Å²) in [6.07, 6.45) is 4.67. The van der Waals surface area contributed by atoms with Crippen molar-refractivity contribution in [2.24, 2.45) is 0 Å². The van der Waals surface area contributed by atoms with Gasteiger partial charge in [0.25, 0.3) is 0 Å². The third-order valence-electron chi connectivity index (χ3n) is 4.59. The van der Waals surface area contributed by atoms with Crippen molar-refractivity contribution >= 4 is 12.2 Å². The van der Waals surface area contributed by atoms with Crippen LogP contribution >= 0.6 is 12.2 Å². The van der Waals surface area contributed by atoms with Gasteiger partial charge in [-0.3, -0.25) is 4.90 Å². The summed E-state index contributed by atoms with van der Waals surface area (Å²) >= 11 is 5.63. The summed E-state index contributed by atoms with van der Waals surface area (Å²) in [5.74, 6) is 2.75. The van der Waals surface area contributed by atoms with Gasteiger partial charge in [0, 0.05) is 31.1 Å². The first-order valence-corrected chi connectivity index (χ1v) is 9.09. The number of benzene rings is 1. The second-order valence-corrected chi connectivity index (χ2v) is 6.86. The van der Waals surface area contributed by atoms with Crippen LogP contribution in [-0.4, -0.2) is 40.5 Å². The minimum Gasteiger partial charge on any atom is -0.497 e. The Morgan fingerprint density at radius 1 is 1.20 bits per heavy atom. The molecule has 136 valence electrons. The summed E-state index contributed by atoms with van der Waals surface area (Å²) in [5.41, 5.74) is 1.11. The van der Waals surface area contributed by atoms with Gasteiger partial charge in [0.05, 0.1) is 20.9 Å². The minimum atomic E-state index is 0.661. The number of nitrogens with zero attached hydrogens (tertiary/aromatic N) is 4. The first-order chi connectivity index (χ1) is 12.1. The highest BCUT2D eigenvalue weighted by Crippen LogP contribution is 2.25. The van der Waals surface area contributed by atoms with E-state index in [1.165, 1.54) is 19.3 Å². The maximum absolute atomic E-state index is 5.63. The molecule has 0 spiro atoms. The van der Waals surface area contributed by atoms with E-state index in [4.69, 9.17) is 26.8 Å². The van der Waals surface area contributed by atoms with E-state index in [9.17, 15) is 0 Å². The highest BCUT2D eigenvalue weighted by molar-refractivity contribution is 7.71. The number of methoxy groups -OCH3 is 2. The largest absolute Gasteiger partial charge is 0.497 e. The lowest BCUT2D eigenvalue weighted by Crippen LogP contribution is -2.23. The van der Waals surface area contributed by atoms with Crippen molar-refractivity contribution in [1.29, 1.82) is 0 Å². The molecule has 0 saturated heterocycles. The zero-order chi connectivity index (χ0) is 17.8. The quantitative estimate of drug-likeness (QED) is 0.738. The molecule has 2 heterocycles. The van der Waals surface area contributed by atoms with Gasteiger partial charge in [-0.05, 0) is 38.2 Å². The molecular formula is C18H26N4O2S. The molecule has 1 aromatic heterocycles. The summed E-state index contributed by atoms with van der Waals surface area (Å²) in [5, 5.41) is 4.74. The lowest BCUT2D eigenvalue weighted by atomic mass is 10.2. The highest BCUT2D eigenvalue weighted by Gasteiger charge is 2.15. The predicted molar refractivity (Wildman–Crippen MR) is 99.6 cm³/mol. The maximum Gasteiger partial charge on any atom is 0.199 e. The van der Waals surface area contributed by atoms with Gasteiger partial charge in [-0.2, -0.15) is 5.10 Å². The molecule has 2 aromatic rings. The lowest BCUT2D eigenvalue weighted by molar-refractivity contribution is 0.239. The van der Waals surface area contributed by atoms with Crippen LogP contribution in [0.25, 0.3) is 0 Å². The molecule has 0 unspecified atom stereocenters. The van der Waals surface area contributed by atoms with Crippen molar-refractivity contribution < 1.29 is 9.47 Å². The van der Waals surface area contributed by atoms with Crippen LogP contribution < -0.4 is 9.47 Å². The Kier molecular flexibility index (Phi) is 5.75. The molecule has 1 aliphatic heterocycles. The number of hydrogen-bond acceptors (Lipinski definition) is 5. The van der Waals surface area contributed by atoms with Gasteiger partial charge in [0.15, 0.2) is 4.77 Å². The number of aryl methyl sites for hydroxylation is 1. The molecule has 0 N–H and O–H groups in total. The van der Waals surface area contributed by atoms with Crippen LogP contribution in [0.5, 0.6) is 11.5 Å². The molecule has 0 radical (unpaired) electrons. The Hall–Kier alpha value is -1.86. The van der Waals surface area contributed by atoms with E-state index in [0.717, 1.165) is 47.2 Å². The number of rotatable bonds is 6. The monoisotopic (exact) mass is 362 g/mol. The van der Waals surface area contributed by atoms with Crippen molar-refractivity contribution in [3.05, 3.63) is 34.4 Å². The number of aromatic nitrogens is 3. The molecule has 6 nitrogen and oxygen atoms in total. The average Bonchev–Trinajstić information content (AvgIpc) is 2.79. The van der Waals surface area contributed by atoms with Crippen molar-refractivity contribution in [1.82, 2.24) is 19.2 Å². The molecule has 1 aromatic carbocycles. The molecule has 7 heteroatoms. The molecule has 25 heavy (non-hydrogen) atoms. The molecule has 1 aliphatic rings. The van der Waals surface area contributed by atoms with Gasteiger partial charge in [0.1, 0.15) is 17.3 Å². The third-order valence-corrected chi connectivity index (χ3v) is 5.02. The molecule has 0 fully saturated rings. The summed E-state index contributed by atoms with van der Waals surface area (Å²) < 4.78 is 15.7. The zero-order valence-corrected chi connectivity index (χ0v) is 16.0. The fourth-order valence-electron chi connectivity index (χ4n) is 3.27. The van der Waals surface area contributed by atoms with Crippen molar-refractivity contribution in [2.75, 3.05) is 21.3 Å². The average molecular weight is 362 g/mol. The maximum atomic E-state index is 5.63. The summed E-state index contributed by atoms with van der Waals surface area (Å²) in [6.45, 7) is 2.40. The number of ether oxygens (including phenoxy) is 2. The van der Waals surface area contributed by atoms with Gasteiger partial charge in [-0.25, -0.2) is 4.68 Å². The van der Waals surface area contributed by atoms with Crippen LogP contribution in [0.15, 0.2) is 18.2 Å². The molecule has 3 rings (SSSR count). The van der Waals surface area contributed by atoms with Gasteiger partial charge in [-0.1, -0.05) is 12.5 Å². The third kappa shape index (κ3) is 4.04. The SMILES string of the molecule is COc1ccc(CN(C)Cn2nc3n(c2=S)CCCCC3)c(OC)c1. The Balaban J connectivity index is 1.73. The van der Waals surface area contributed by atoms with Crippen LogP contribution in [0, 0.1) is 4.77 Å². The predicted octanol–water partition coefficient (Wildman–Crippen LogP) is 3.25. The Morgan fingerprint density at radius 3 is 2.80 bits per heavy atom. The second kappa shape index (κ2) is 8.01.